The maximum atomic E-state index is 12.3. The van der Waals surface area contributed by atoms with Gasteiger partial charge in [-0.3, -0.25) is 4.79 Å². The largest absolute Gasteiger partial charge is 0.573 e. The molecule has 0 fully saturated rings. The molecule has 2 rings (SSSR count). The van der Waals surface area contributed by atoms with Gasteiger partial charge in [0.25, 0.3) is 5.91 Å². The van der Waals surface area contributed by atoms with E-state index in [1.165, 1.54) is 38.5 Å². The molecule has 0 aliphatic carbocycles. The van der Waals surface area contributed by atoms with Gasteiger partial charge < -0.3 is 19.5 Å². The highest BCUT2D eigenvalue weighted by atomic mass is 35.5. The van der Waals surface area contributed by atoms with E-state index in [0.717, 1.165) is 12.1 Å². The number of hydrogen-bond donors (Lipinski definition) is 1. The number of methoxy groups -OCH3 is 2. The Hall–Kier alpha value is -2.61. The third-order valence-electron chi connectivity index (χ3n) is 3.02. The number of rotatable bonds is 5. The van der Waals surface area contributed by atoms with Crippen LogP contribution in [-0.2, 0) is 0 Å². The number of halogens is 4. The number of anilines is 1. The van der Waals surface area contributed by atoms with E-state index in [1.807, 2.05) is 0 Å². The molecule has 0 heterocycles. The zero-order valence-corrected chi connectivity index (χ0v) is 13.9. The van der Waals surface area contributed by atoms with Gasteiger partial charge in [0.05, 0.1) is 19.2 Å². The normalized spacial score (nSPS) is 11.0. The second kappa shape index (κ2) is 7.52. The lowest BCUT2D eigenvalue weighted by atomic mass is 10.1. The summed E-state index contributed by atoms with van der Waals surface area (Å²) in [4.78, 5) is 12.3. The molecule has 0 bridgehead atoms. The summed E-state index contributed by atoms with van der Waals surface area (Å²) in [6, 6.07) is 7.66. The summed E-state index contributed by atoms with van der Waals surface area (Å²) >= 11 is 6.03. The number of carbonyl (C=O) groups is 1. The Labute approximate surface area is 146 Å². The minimum absolute atomic E-state index is 0.123. The number of alkyl halides is 3. The van der Waals surface area contributed by atoms with Crippen LogP contribution in [0.5, 0.6) is 17.2 Å². The van der Waals surface area contributed by atoms with Gasteiger partial charge in [-0.05, 0) is 24.3 Å². The molecule has 0 unspecified atom stereocenters. The van der Waals surface area contributed by atoms with Gasteiger partial charge in [-0.1, -0.05) is 17.7 Å². The van der Waals surface area contributed by atoms with E-state index in [-0.39, 0.29) is 27.8 Å². The van der Waals surface area contributed by atoms with Crippen LogP contribution in [0.15, 0.2) is 36.4 Å². The zero-order valence-electron chi connectivity index (χ0n) is 13.1. The molecule has 0 aliphatic heterocycles. The lowest BCUT2D eigenvalue weighted by Gasteiger charge is -2.13. The van der Waals surface area contributed by atoms with E-state index in [0.29, 0.717) is 0 Å². The minimum atomic E-state index is -4.82. The highest BCUT2D eigenvalue weighted by Gasteiger charge is 2.31. The topological polar surface area (TPSA) is 56.8 Å². The Morgan fingerprint density at radius 1 is 1.12 bits per heavy atom. The van der Waals surface area contributed by atoms with E-state index in [4.69, 9.17) is 21.1 Å². The first-order chi connectivity index (χ1) is 11.7. The standard InChI is InChI=1S/C16H13ClF3NO4/c1-23-13-7-9(6-12(17)14(13)24-2)15(22)21-10-4-3-5-11(8-10)25-16(18,19)20/h3-8H,1-2H3,(H,21,22). The number of carbonyl (C=O) groups excluding carboxylic acids is 1. The SMILES string of the molecule is COc1cc(C(=O)Nc2cccc(OC(F)(F)F)c2)cc(Cl)c1OC. The molecule has 2 aromatic rings. The van der Waals surface area contributed by atoms with Crippen molar-refractivity contribution in [3.63, 3.8) is 0 Å². The summed E-state index contributed by atoms with van der Waals surface area (Å²) in [7, 11) is 2.78. The van der Waals surface area contributed by atoms with E-state index in [2.05, 4.69) is 10.1 Å². The molecule has 5 nitrogen and oxygen atoms in total. The van der Waals surface area contributed by atoms with E-state index >= 15 is 0 Å². The predicted molar refractivity (Wildman–Crippen MR) is 85.6 cm³/mol. The molecule has 1 amide bonds. The molecule has 0 aromatic heterocycles. The van der Waals surface area contributed by atoms with Crippen LogP contribution in [0.1, 0.15) is 10.4 Å². The molecule has 0 spiro atoms. The number of nitrogens with one attached hydrogen (secondary N) is 1. The molecular weight excluding hydrogens is 363 g/mol. The Kier molecular flexibility index (Phi) is 5.63. The summed E-state index contributed by atoms with van der Waals surface area (Å²) < 4.78 is 50.7. The van der Waals surface area contributed by atoms with Crippen molar-refractivity contribution in [3.05, 3.63) is 47.0 Å². The molecule has 0 saturated carbocycles. The van der Waals surface area contributed by atoms with Gasteiger partial charge >= 0.3 is 6.36 Å². The van der Waals surface area contributed by atoms with E-state index in [9.17, 15) is 18.0 Å². The van der Waals surface area contributed by atoms with Crippen LogP contribution in [0.3, 0.4) is 0 Å². The Morgan fingerprint density at radius 2 is 1.84 bits per heavy atom. The van der Waals surface area contributed by atoms with Crippen molar-refractivity contribution in [2.75, 3.05) is 19.5 Å². The quantitative estimate of drug-likeness (QED) is 0.835. The van der Waals surface area contributed by atoms with Gasteiger partial charge in [0, 0.05) is 17.3 Å². The highest BCUT2D eigenvalue weighted by molar-refractivity contribution is 6.32. The van der Waals surface area contributed by atoms with Crippen molar-refractivity contribution in [2.24, 2.45) is 0 Å². The minimum Gasteiger partial charge on any atom is -0.493 e. The molecule has 9 heteroatoms. The van der Waals surface area contributed by atoms with E-state index < -0.39 is 18.0 Å². The van der Waals surface area contributed by atoms with Gasteiger partial charge in [0.15, 0.2) is 11.5 Å². The van der Waals surface area contributed by atoms with Gasteiger partial charge in [-0.15, -0.1) is 13.2 Å². The van der Waals surface area contributed by atoms with Gasteiger partial charge in [0.1, 0.15) is 5.75 Å². The summed E-state index contributed by atoms with van der Waals surface area (Å²) in [5.41, 5.74) is 0.266. The summed E-state index contributed by atoms with van der Waals surface area (Å²) in [5.74, 6) is -0.529. The molecular formula is C16H13ClF3NO4. The molecule has 0 atom stereocenters. The number of amides is 1. The molecule has 134 valence electrons. The van der Waals surface area contributed by atoms with Crippen molar-refractivity contribution < 1.29 is 32.2 Å². The lowest BCUT2D eigenvalue weighted by Crippen LogP contribution is -2.17. The second-order valence-corrected chi connectivity index (χ2v) is 5.13. The Morgan fingerprint density at radius 3 is 2.44 bits per heavy atom. The third kappa shape index (κ3) is 4.93. The molecule has 0 aliphatic rings. The third-order valence-corrected chi connectivity index (χ3v) is 3.30. The van der Waals surface area contributed by atoms with Crippen LogP contribution in [0.25, 0.3) is 0 Å². The summed E-state index contributed by atoms with van der Waals surface area (Å²) in [5, 5.41) is 2.61. The van der Waals surface area contributed by atoms with Crippen molar-refractivity contribution in [1.82, 2.24) is 0 Å². The fraction of sp³-hybridized carbons (Fsp3) is 0.188. The van der Waals surface area contributed by atoms with Crippen LogP contribution >= 0.6 is 11.6 Å². The first kappa shape index (κ1) is 18.7. The van der Waals surface area contributed by atoms with Gasteiger partial charge in [0.2, 0.25) is 0 Å². The number of benzene rings is 2. The monoisotopic (exact) mass is 375 g/mol. The first-order valence-corrected chi connectivity index (χ1v) is 7.20. The predicted octanol–water partition coefficient (Wildman–Crippen LogP) is 4.51. The Bertz CT molecular complexity index is 780. The second-order valence-electron chi connectivity index (χ2n) is 4.72. The van der Waals surface area contributed by atoms with Crippen molar-refractivity contribution in [2.45, 2.75) is 6.36 Å². The average Bonchev–Trinajstić information content (AvgIpc) is 2.52. The van der Waals surface area contributed by atoms with Crippen LogP contribution in [0.2, 0.25) is 5.02 Å². The van der Waals surface area contributed by atoms with Crippen molar-refractivity contribution in [3.8, 4) is 17.2 Å². The van der Waals surface area contributed by atoms with Crippen molar-refractivity contribution >= 4 is 23.2 Å². The Balaban J connectivity index is 2.23. The maximum absolute atomic E-state index is 12.3. The maximum Gasteiger partial charge on any atom is 0.573 e. The molecule has 0 saturated heterocycles. The summed E-state index contributed by atoms with van der Waals surface area (Å²) in [6.45, 7) is 0. The van der Waals surface area contributed by atoms with Gasteiger partial charge in [-0.25, -0.2) is 0 Å². The molecule has 0 radical (unpaired) electrons. The summed E-state index contributed by atoms with van der Waals surface area (Å²) in [6.07, 6.45) is -4.82. The van der Waals surface area contributed by atoms with Crippen LogP contribution in [-0.4, -0.2) is 26.5 Å². The van der Waals surface area contributed by atoms with Crippen LogP contribution in [0, 0.1) is 0 Å². The molecule has 2 aromatic carbocycles. The fourth-order valence-corrected chi connectivity index (χ4v) is 2.31. The fourth-order valence-electron chi connectivity index (χ4n) is 2.02. The number of hydrogen-bond acceptors (Lipinski definition) is 4. The molecule has 25 heavy (non-hydrogen) atoms. The van der Waals surface area contributed by atoms with Crippen LogP contribution < -0.4 is 19.5 Å². The number of ether oxygens (including phenoxy) is 3. The first-order valence-electron chi connectivity index (χ1n) is 6.82. The average molecular weight is 376 g/mol. The zero-order chi connectivity index (χ0) is 18.6. The van der Waals surface area contributed by atoms with Crippen LogP contribution in [0.4, 0.5) is 18.9 Å². The smallest absolute Gasteiger partial charge is 0.493 e. The molecule has 1 N–H and O–H groups in total. The van der Waals surface area contributed by atoms with E-state index in [1.54, 1.807) is 0 Å². The lowest BCUT2D eigenvalue weighted by molar-refractivity contribution is -0.274. The van der Waals surface area contributed by atoms with Crippen molar-refractivity contribution in [1.29, 1.82) is 0 Å². The highest BCUT2D eigenvalue weighted by Crippen LogP contribution is 2.36. The van der Waals surface area contributed by atoms with Gasteiger partial charge in [-0.2, -0.15) is 0 Å².